The molecule has 0 saturated heterocycles. The first-order valence-corrected chi connectivity index (χ1v) is 9.69. The van der Waals surface area contributed by atoms with Gasteiger partial charge < -0.3 is 19.4 Å². The Labute approximate surface area is 179 Å². The van der Waals surface area contributed by atoms with Crippen molar-refractivity contribution in [3.05, 3.63) is 76.3 Å². The van der Waals surface area contributed by atoms with Gasteiger partial charge in [0, 0.05) is 25.0 Å². The Morgan fingerprint density at radius 3 is 2.55 bits per heavy atom. The third kappa shape index (κ3) is 4.66. The quantitative estimate of drug-likeness (QED) is 0.599. The third-order valence-corrected chi connectivity index (χ3v) is 5.24. The number of ether oxygens (including phenoxy) is 2. The molecule has 0 saturated carbocycles. The van der Waals surface area contributed by atoms with E-state index < -0.39 is 12.1 Å². The van der Waals surface area contributed by atoms with Crippen LogP contribution in [0.25, 0.3) is 0 Å². The Kier molecular flexibility index (Phi) is 6.67. The number of hydrogen-bond donors (Lipinski definition) is 1. The number of carbonyl (C=O) groups excluding carboxylic acids is 1. The lowest BCUT2D eigenvalue weighted by atomic mass is 10.0. The minimum Gasteiger partial charge on any atom is -0.496 e. The summed E-state index contributed by atoms with van der Waals surface area (Å²) in [5, 5.41) is 3.62. The fourth-order valence-electron chi connectivity index (χ4n) is 2.92. The number of aromatic nitrogens is 2. The summed E-state index contributed by atoms with van der Waals surface area (Å²) in [4.78, 5) is 17.3. The average molecular weight is 434 g/mol. The minimum absolute atomic E-state index is 0.263. The predicted octanol–water partition coefficient (Wildman–Crippen LogP) is 4.41. The molecule has 152 valence electrons. The monoisotopic (exact) mass is 433 g/mol. The van der Waals surface area contributed by atoms with E-state index in [1.54, 1.807) is 38.4 Å². The van der Waals surface area contributed by atoms with E-state index in [0.29, 0.717) is 22.3 Å². The van der Waals surface area contributed by atoms with Gasteiger partial charge in [-0.25, -0.2) is 4.98 Å². The van der Waals surface area contributed by atoms with Crippen molar-refractivity contribution in [3.8, 4) is 11.5 Å². The van der Waals surface area contributed by atoms with Gasteiger partial charge in [0.05, 0.1) is 12.1 Å². The summed E-state index contributed by atoms with van der Waals surface area (Å²) in [6, 6.07) is 12.0. The van der Waals surface area contributed by atoms with E-state index in [2.05, 4.69) is 10.3 Å². The number of benzene rings is 2. The van der Waals surface area contributed by atoms with Crippen LogP contribution < -0.4 is 14.8 Å². The number of aryl methyl sites for hydroxylation is 1. The number of amides is 1. The van der Waals surface area contributed by atoms with E-state index in [1.165, 1.54) is 0 Å². The van der Waals surface area contributed by atoms with Crippen molar-refractivity contribution in [2.45, 2.75) is 19.1 Å². The molecule has 0 bridgehead atoms. The topological polar surface area (TPSA) is 65.4 Å². The molecule has 0 fully saturated rings. The fraction of sp³-hybridized carbons (Fsp3) is 0.238. The molecule has 0 radical (unpaired) electrons. The lowest BCUT2D eigenvalue weighted by Gasteiger charge is -2.23. The standard InChI is InChI=1S/C21H21Cl2N3O3/c1-13(29-17-10-6-8-15(22)18(17)23)21(27)25-19(20-24-11-12-26(20)2)14-7-4-5-9-16(14)28-3/h4-13,19H,1-3H3,(H,25,27). The number of nitrogens with one attached hydrogen (secondary N) is 1. The van der Waals surface area contributed by atoms with Gasteiger partial charge in [-0.3, -0.25) is 4.79 Å². The minimum atomic E-state index is -0.816. The molecule has 1 aromatic heterocycles. The van der Waals surface area contributed by atoms with Crippen LogP contribution in [0.3, 0.4) is 0 Å². The summed E-state index contributed by atoms with van der Waals surface area (Å²) in [5.74, 6) is 1.32. The molecule has 6 nitrogen and oxygen atoms in total. The van der Waals surface area contributed by atoms with Crippen molar-refractivity contribution >= 4 is 29.1 Å². The van der Waals surface area contributed by atoms with Crippen LogP contribution >= 0.6 is 23.2 Å². The second kappa shape index (κ2) is 9.20. The molecular formula is C21H21Cl2N3O3. The summed E-state index contributed by atoms with van der Waals surface area (Å²) < 4.78 is 13.1. The van der Waals surface area contributed by atoms with Crippen molar-refractivity contribution in [2.75, 3.05) is 7.11 Å². The molecule has 0 aliphatic heterocycles. The van der Waals surface area contributed by atoms with Gasteiger partial charge in [-0.15, -0.1) is 0 Å². The number of hydrogen-bond acceptors (Lipinski definition) is 4. The van der Waals surface area contributed by atoms with Crippen molar-refractivity contribution in [1.29, 1.82) is 0 Å². The van der Waals surface area contributed by atoms with E-state index in [-0.39, 0.29) is 10.9 Å². The number of halogens is 2. The first-order valence-electron chi connectivity index (χ1n) is 8.93. The van der Waals surface area contributed by atoms with Crippen LogP contribution in [0.4, 0.5) is 0 Å². The maximum absolute atomic E-state index is 12.9. The Hall–Kier alpha value is -2.70. The van der Waals surface area contributed by atoms with Crippen LogP contribution in [0.15, 0.2) is 54.9 Å². The molecule has 3 rings (SSSR count). The highest BCUT2D eigenvalue weighted by molar-refractivity contribution is 6.42. The van der Waals surface area contributed by atoms with E-state index >= 15 is 0 Å². The summed E-state index contributed by atoms with van der Waals surface area (Å²) in [5.41, 5.74) is 0.783. The second-order valence-electron chi connectivity index (χ2n) is 6.39. The maximum Gasteiger partial charge on any atom is 0.261 e. The Balaban J connectivity index is 1.87. The zero-order chi connectivity index (χ0) is 21.0. The van der Waals surface area contributed by atoms with Gasteiger partial charge in [0.1, 0.15) is 28.4 Å². The molecule has 0 aliphatic carbocycles. The molecule has 2 aromatic carbocycles. The number of imidazole rings is 1. The van der Waals surface area contributed by atoms with Gasteiger partial charge in [0.2, 0.25) is 0 Å². The highest BCUT2D eigenvalue weighted by atomic mass is 35.5. The molecule has 3 aromatic rings. The van der Waals surface area contributed by atoms with Crippen LogP contribution in [0.5, 0.6) is 11.5 Å². The number of carbonyl (C=O) groups is 1. The maximum atomic E-state index is 12.9. The molecule has 0 aliphatic rings. The molecule has 29 heavy (non-hydrogen) atoms. The van der Waals surface area contributed by atoms with Gasteiger partial charge in [-0.2, -0.15) is 0 Å². The number of rotatable bonds is 7. The summed E-state index contributed by atoms with van der Waals surface area (Å²) in [6.45, 7) is 1.64. The van der Waals surface area contributed by atoms with E-state index in [0.717, 1.165) is 5.56 Å². The number of para-hydroxylation sites is 1. The van der Waals surface area contributed by atoms with Gasteiger partial charge in [0.15, 0.2) is 6.10 Å². The lowest BCUT2D eigenvalue weighted by molar-refractivity contribution is -0.127. The lowest BCUT2D eigenvalue weighted by Crippen LogP contribution is -2.40. The van der Waals surface area contributed by atoms with Crippen molar-refractivity contribution < 1.29 is 14.3 Å². The highest BCUT2D eigenvalue weighted by Gasteiger charge is 2.27. The molecule has 1 amide bonds. The third-order valence-electron chi connectivity index (χ3n) is 4.44. The molecule has 2 atom stereocenters. The van der Waals surface area contributed by atoms with Gasteiger partial charge in [0.25, 0.3) is 5.91 Å². The largest absolute Gasteiger partial charge is 0.496 e. The SMILES string of the molecule is COc1ccccc1C(NC(=O)C(C)Oc1cccc(Cl)c1Cl)c1nccn1C. The number of nitrogens with zero attached hydrogens (tertiary/aromatic N) is 2. The van der Waals surface area contributed by atoms with Crippen LogP contribution in [0.1, 0.15) is 24.4 Å². The molecular weight excluding hydrogens is 413 g/mol. The molecule has 0 spiro atoms. The van der Waals surface area contributed by atoms with Crippen LogP contribution in [-0.4, -0.2) is 28.7 Å². The smallest absolute Gasteiger partial charge is 0.261 e. The highest BCUT2D eigenvalue weighted by Crippen LogP contribution is 2.33. The summed E-state index contributed by atoms with van der Waals surface area (Å²) >= 11 is 12.2. The molecule has 2 unspecified atom stereocenters. The Morgan fingerprint density at radius 1 is 1.14 bits per heavy atom. The zero-order valence-corrected chi connectivity index (χ0v) is 17.7. The van der Waals surface area contributed by atoms with Crippen molar-refractivity contribution in [3.63, 3.8) is 0 Å². The average Bonchev–Trinajstić information content (AvgIpc) is 3.15. The zero-order valence-electron chi connectivity index (χ0n) is 16.2. The van der Waals surface area contributed by atoms with Crippen molar-refractivity contribution in [2.24, 2.45) is 7.05 Å². The van der Waals surface area contributed by atoms with Gasteiger partial charge in [-0.1, -0.05) is 47.5 Å². The molecule has 1 N–H and O–H groups in total. The number of methoxy groups -OCH3 is 1. The fourth-order valence-corrected chi connectivity index (χ4v) is 3.26. The van der Waals surface area contributed by atoms with Crippen molar-refractivity contribution in [1.82, 2.24) is 14.9 Å². The molecule has 1 heterocycles. The summed E-state index contributed by atoms with van der Waals surface area (Å²) in [6.07, 6.45) is 2.67. The van der Waals surface area contributed by atoms with E-state index in [4.69, 9.17) is 32.7 Å². The normalized spacial score (nSPS) is 12.9. The Bertz CT molecular complexity index is 1010. The van der Waals surface area contributed by atoms with Crippen LogP contribution in [0.2, 0.25) is 10.0 Å². The van der Waals surface area contributed by atoms with Crippen LogP contribution in [-0.2, 0) is 11.8 Å². The first kappa shape index (κ1) is 21.0. The Morgan fingerprint density at radius 2 is 1.86 bits per heavy atom. The van der Waals surface area contributed by atoms with E-state index in [9.17, 15) is 4.79 Å². The van der Waals surface area contributed by atoms with E-state index in [1.807, 2.05) is 42.1 Å². The predicted molar refractivity (Wildman–Crippen MR) is 113 cm³/mol. The van der Waals surface area contributed by atoms with Crippen LogP contribution in [0, 0.1) is 0 Å². The first-order chi connectivity index (χ1) is 13.9. The summed E-state index contributed by atoms with van der Waals surface area (Å²) in [7, 11) is 3.45. The second-order valence-corrected chi connectivity index (χ2v) is 7.18. The molecule has 8 heteroatoms. The van der Waals surface area contributed by atoms with Gasteiger partial charge in [-0.05, 0) is 25.1 Å². The van der Waals surface area contributed by atoms with Gasteiger partial charge >= 0.3 is 0 Å².